The molecule has 0 saturated carbocycles. The summed E-state index contributed by atoms with van der Waals surface area (Å²) in [6.45, 7) is 4.58. The summed E-state index contributed by atoms with van der Waals surface area (Å²) in [4.78, 5) is 12.6. The van der Waals surface area contributed by atoms with Crippen molar-refractivity contribution in [2.45, 2.75) is 52.2 Å². The van der Waals surface area contributed by atoms with E-state index in [1.165, 1.54) is 6.42 Å². The number of carbonyl (C=O) groups is 1. The largest absolute Gasteiger partial charge is 0.481 e. The number of halogens is 1. The van der Waals surface area contributed by atoms with E-state index in [1.54, 1.807) is 19.1 Å². The summed E-state index contributed by atoms with van der Waals surface area (Å²) in [7, 11) is 0. The number of nitrogens with one attached hydrogen (secondary N) is 1. The number of rotatable bonds is 5. The first-order chi connectivity index (χ1) is 14.5. The van der Waals surface area contributed by atoms with Crippen molar-refractivity contribution in [2.24, 2.45) is 0 Å². The first-order valence-electron chi connectivity index (χ1n) is 10.3. The van der Waals surface area contributed by atoms with Crippen LogP contribution in [0, 0.1) is 6.92 Å². The van der Waals surface area contributed by atoms with Crippen LogP contribution in [0.2, 0.25) is 5.02 Å². The molecule has 1 amide bonds. The molecule has 0 radical (unpaired) electrons. The molecule has 1 aliphatic heterocycles. The Morgan fingerprint density at radius 3 is 2.90 bits per heavy atom. The number of aromatic nitrogens is 3. The Morgan fingerprint density at radius 2 is 2.03 bits per heavy atom. The molecule has 1 aromatic heterocycles. The van der Waals surface area contributed by atoms with Crippen LogP contribution < -0.4 is 10.1 Å². The van der Waals surface area contributed by atoms with E-state index in [9.17, 15) is 4.79 Å². The number of benzene rings is 2. The summed E-state index contributed by atoms with van der Waals surface area (Å²) in [5.41, 5.74) is 2.56. The van der Waals surface area contributed by atoms with Gasteiger partial charge in [-0.2, -0.15) is 0 Å². The molecule has 6 nitrogen and oxygen atoms in total. The molecular formula is C23H25ClN4O2. The minimum absolute atomic E-state index is 0.234. The molecule has 7 heteroatoms. The van der Waals surface area contributed by atoms with E-state index in [4.69, 9.17) is 16.3 Å². The fraction of sp³-hybridized carbons (Fsp3) is 0.348. The van der Waals surface area contributed by atoms with Crippen LogP contribution in [0.5, 0.6) is 5.75 Å². The zero-order chi connectivity index (χ0) is 21.1. The summed E-state index contributed by atoms with van der Waals surface area (Å²) < 4.78 is 8.12. The molecule has 0 bridgehead atoms. The number of hydrogen-bond donors (Lipinski definition) is 1. The monoisotopic (exact) mass is 424 g/mol. The van der Waals surface area contributed by atoms with Crippen LogP contribution in [0.4, 0.5) is 5.69 Å². The van der Waals surface area contributed by atoms with Gasteiger partial charge in [-0.05, 0) is 56.5 Å². The van der Waals surface area contributed by atoms with E-state index in [0.29, 0.717) is 16.5 Å². The maximum atomic E-state index is 12.6. The predicted octanol–water partition coefficient (Wildman–Crippen LogP) is 5.04. The smallest absolute Gasteiger partial charge is 0.265 e. The molecule has 30 heavy (non-hydrogen) atoms. The van der Waals surface area contributed by atoms with Crippen LogP contribution in [-0.2, 0) is 17.8 Å². The third kappa shape index (κ3) is 4.49. The molecule has 4 rings (SSSR count). The van der Waals surface area contributed by atoms with Gasteiger partial charge >= 0.3 is 0 Å². The Labute approximate surface area is 181 Å². The topological polar surface area (TPSA) is 69.0 Å². The molecule has 1 N–H and O–H groups in total. The minimum atomic E-state index is -0.672. The predicted molar refractivity (Wildman–Crippen MR) is 118 cm³/mol. The van der Waals surface area contributed by atoms with E-state index in [-0.39, 0.29) is 5.91 Å². The average molecular weight is 425 g/mol. The molecule has 0 aliphatic carbocycles. The van der Waals surface area contributed by atoms with Crippen molar-refractivity contribution in [3.05, 3.63) is 58.9 Å². The Morgan fingerprint density at radius 1 is 1.17 bits per heavy atom. The van der Waals surface area contributed by atoms with Crippen LogP contribution in [0.15, 0.2) is 42.5 Å². The quantitative estimate of drug-likeness (QED) is 0.623. The molecule has 156 valence electrons. The normalized spacial score (nSPS) is 14.5. The van der Waals surface area contributed by atoms with Gasteiger partial charge in [-0.25, -0.2) is 0 Å². The maximum absolute atomic E-state index is 12.6. The Hall–Kier alpha value is -2.86. The minimum Gasteiger partial charge on any atom is -0.481 e. The van der Waals surface area contributed by atoms with Gasteiger partial charge in [0.25, 0.3) is 5.91 Å². The molecule has 0 saturated heterocycles. The van der Waals surface area contributed by atoms with Gasteiger partial charge in [-0.15, -0.1) is 10.2 Å². The van der Waals surface area contributed by atoms with Gasteiger partial charge in [-0.1, -0.05) is 36.2 Å². The lowest BCUT2D eigenvalue weighted by molar-refractivity contribution is -0.122. The number of nitrogens with zero attached hydrogens (tertiary/aromatic N) is 3. The number of amides is 1. The summed E-state index contributed by atoms with van der Waals surface area (Å²) >= 11 is 6.04. The second-order valence-corrected chi connectivity index (χ2v) is 8.07. The van der Waals surface area contributed by atoms with E-state index in [1.807, 2.05) is 37.3 Å². The molecule has 1 unspecified atom stereocenters. The number of carbonyl (C=O) groups excluding carboxylic acids is 1. The fourth-order valence-corrected chi connectivity index (χ4v) is 3.80. The highest BCUT2D eigenvalue weighted by Crippen LogP contribution is 2.26. The van der Waals surface area contributed by atoms with Gasteiger partial charge < -0.3 is 14.6 Å². The van der Waals surface area contributed by atoms with E-state index in [2.05, 4.69) is 20.1 Å². The van der Waals surface area contributed by atoms with Crippen LogP contribution in [0.25, 0.3) is 11.4 Å². The molecule has 1 atom stereocenters. The second-order valence-electron chi connectivity index (χ2n) is 7.64. The first-order valence-corrected chi connectivity index (χ1v) is 10.7. The number of ether oxygens (including phenoxy) is 1. The van der Waals surface area contributed by atoms with Crippen molar-refractivity contribution in [3.63, 3.8) is 0 Å². The van der Waals surface area contributed by atoms with Gasteiger partial charge in [-0.3, -0.25) is 4.79 Å². The summed E-state index contributed by atoms with van der Waals surface area (Å²) in [5.74, 6) is 2.27. The molecule has 2 heterocycles. The maximum Gasteiger partial charge on any atom is 0.265 e. The Bertz CT molecular complexity index is 1060. The van der Waals surface area contributed by atoms with Crippen molar-refractivity contribution >= 4 is 23.2 Å². The number of aryl methyl sites for hydroxylation is 2. The fourth-order valence-electron chi connectivity index (χ4n) is 3.63. The lowest BCUT2D eigenvalue weighted by atomic mass is 10.2. The van der Waals surface area contributed by atoms with Crippen LogP contribution >= 0.6 is 11.6 Å². The lowest BCUT2D eigenvalue weighted by Crippen LogP contribution is -2.30. The summed E-state index contributed by atoms with van der Waals surface area (Å²) in [6.07, 6.45) is 3.79. The van der Waals surface area contributed by atoms with Gasteiger partial charge in [0.2, 0.25) is 0 Å². The van der Waals surface area contributed by atoms with Crippen molar-refractivity contribution in [3.8, 4) is 17.1 Å². The molecule has 2 aromatic carbocycles. The lowest BCUT2D eigenvalue weighted by Gasteiger charge is -2.16. The van der Waals surface area contributed by atoms with Crippen LogP contribution in [0.3, 0.4) is 0 Å². The third-order valence-electron chi connectivity index (χ3n) is 5.34. The number of anilines is 1. The molecule has 0 fully saturated rings. The SMILES string of the molecule is Cc1ccc(Cl)cc1NC(=O)C(C)Oc1cccc(-c2nnc3n2CCCCC3)c1. The van der Waals surface area contributed by atoms with Crippen molar-refractivity contribution < 1.29 is 9.53 Å². The Kier molecular flexibility index (Phi) is 6.04. The molecule has 0 spiro atoms. The highest BCUT2D eigenvalue weighted by Gasteiger charge is 2.19. The second kappa shape index (κ2) is 8.88. The summed E-state index contributed by atoms with van der Waals surface area (Å²) in [6, 6.07) is 13.1. The molecule has 3 aromatic rings. The van der Waals surface area contributed by atoms with Crippen molar-refractivity contribution in [1.82, 2.24) is 14.8 Å². The van der Waals surface area contributed by atoms with Crippen LogP contribution in [0.1, 0.15) is 37.6 Å². The van der Waals surface area contributed by atoms with Crippen molar-refractivity contribution in [1.29, 1.82) is 0 Å². The zero-order valence-corrected chi connectivity index (χ0v) is 17.9. The molecular weight excluding hydrogens is 400 g/mol. The van der Waals surface area contributed by atoms with Gasteiger partial charge in [0.15, 0.2) is 11.9 Å². The molecule has 1 aliphatic rings. The van der Waals surface area contributed by atoms with Crippen LogP contribution in [-0.4, -0.2) is 26.8 Å². The highest BCUT2D eigenvalue weighted by molar-refractivity contribution is 6.31. The number of hydrogen-bond acceptors (Lipinski definition) is 4. The van der Waals surface area contributed by atoms with E-state index in [0.717, 1.165) is 48.6 Å². The highest BCUT2D eigenvalue weighted by atomic mass is 35.5. The first kappa shape index (κ1) is 20.4. The van der Waals surface area contributed by atoms with Gasteiger partial charge in [0.1, 0.15) is 11.6 Å². The third-order valence-corrected chi connectivity index (χ3v) is 5.58. The van der Waals surface area contributed by atoms with E-state index >= 15 is 0 Å². The van der Waals surface area contributed by atoms with Gasteiger partial charge in [0.05, 0.1) is 0 Å². The summed E-state index contributed by atoms with van der Waals surface area (Å²) in [5, 5.41) is 12.2. The van der Waals surface area contributed by atoms with Crippen molar-refractivity contribution in [2.75, 3.05) is 5.32 Å². The Balaban J connectivity index is 1.49. The zero-order valence-electron chi connectivity index (χ0n) is 17.2. The number of fused-ring (bicyclic) bond motifs is 1. The van der Waals surface area contributed by atoms with E-state index < -0.39 is 6.10 Å². The average Bonchev–Trinajstić information content (AvgIpc) is 2.99. The standard InChI is InChI=1S/C23H25ClN4O2/c1-15-10-11-18(24)14-20(15)25-23(29)16(2)30-19-8-6-7-17(13-19)22-27-26-21-9-4-3-5-12-28(21)22/h6-8,10-11,13-14,16H,3-5,9,12H2,1-2H3,(H,25,29). The van der Waals surface area contributed by atoms with Gasteiger partial charge in [0, 0.05) is 29.2 Å².